The molecule has 0 unspecified atom stereocenters. The summed E-state index contributed by atoms with van der Waals surface area (Å²) in [4.78, 5) is 14.7. The Morgan fingerprint density at radius 1 is 1.35 bits per heavy atom. The van der Waals surface area contributed by atoms with Gasteiger partial charge in [0.15, 0.2) is 0 Å². The summed E-state index contributed by atoms with van der Waals surface area (Å²) in [6.07, 6.45) is -4.89. The summed E-state index contributed by atoms with van der Waals surface area (Å²) < 4.78 is 55.2. The first-order valence-electron chi connectivity index (χ1n) is 6.33. The molecule has 0 spiro atoms. The predicted molar refractivity (Wildman–Crippen MR) is 70.2 cm³/mol. The Kier molecular flexibility index (Phi) is 4.64. The van der Waals surface area contributed by atoms with Crippen molar-refractivity contribution in [3.05, 3.63) is 35.5 Å². The summed E-state index contributed by atoms with van der Waals surface area (Å²) in [5.74, 6) is -3.28. The quantitative estimate of drug-likeness (QED) is 0.685. The van der Waals surface area contributed by atoms with E-state index in [2.05, 4.69) is 20.1 Å². The Labute approximate surface area is 128 Å². The molecule has 0 aliphatic rings. The first-order chi connectivity index (χ1) is 10.7. The largest absolute Gasteiger partial charge is 0.471 e. The standard InChI is InChI=1S/C13H12F4N4O2/c1-21(2)19-10(22)6-7-3-4-8(9(14)5-7)11-18-12(23-20-11)13(15,16)17/h3-5H,6H2,1-2H3,(H,19,22). The van der Waals surface area contributed by atoms with Crippen molar-refractivity contribution in [3.8, 4) is 11.4 Å². The molecule has 10 heteroatoms. The summed E-state index contributed by atoms with van der Waals surface area (Å²) in [6, 6.07) is 3.63. The van der Waals surface area contributed by atoms with Crippen LogP contribution in [0.3, 0.4) is 0 Å². The molecule has 0 bridgehead atoms. The molecule has 0 aliphatic carbocycles. The minimum Gasteiger partial charge on any atom is -0.329 e. The highest BCUT2D eigenvalue weighted by atomic mass is 19.4. The molecule has 0 radical (unpaired) electrons. The van der Waals surface area contributed by atoms with Crippen LogP contribution in [-0.4, -0.2) is 35.2 Å². The van der Waals surface area contributed by atoms with E-state index in [4.69, 9.17) is 0 Å². The van der Waals surface area contributed by atoms with Crippen molar-refractivity contribution in [2.24, 2.45) is 0 Å². The van der Waals surface area contributed by atoms with Crippen LogP contribution in [-0.2, 0) is 17.4 Å². The van der Waals surface area contributed by atoms with Crippen LogP contribution < -0.4 is 5.43 Å². The van der Waals surface area contributed by atoms with Gasteiger partial charge in [-0.05, 0) is 17.7 Å². The second-order valence-electron chi connectivity index (χ2n) is 4.84. The van der Waals surface area contributed by atoms with Gasteiger partial charge in [-0.2, -0.15) is 18.2 Å². The number of nitrogens with one attached hydrogen (secondary N) is 1. The molecule has 1 heterocycles. The van der Waals surface area contributed by atoms with E-state index >= 15 is 0 Å². The van der Waals surface area contributed by atoms with Gasteiger partial charge in [-0.1, -0.05) is 11.2 Å². The molecule has 1 amide bonds. The Hall–Kier alpha value is -2.49. The third-order valence-corrected chi connectivity index (χ3v) is 2.66. The molecule has 6 nitrogen and oxygen atoms in total. The van der Waals surface area contributed by atoms with E-state index in [1.54, 1.807) is 14.1 Å². The number of nitrogens with zero attached hydrogens (tertiary/aromatic N) is 3. The van der Waals surface area contributed by atoms with E-state index in [-0.39, 0.29) is 17.9 Å². The van der Waals surface area contributed by atoms with Crippen molar-refractivity contribution < 1.29 is 26.9 Å². The fourth-order valence-corrected chi connectivity index (χ4v) is 1.77. The van der Waals surface area contributed by atoms with E-state index < -0.39 is 23.7 Å². The molecule has 2 rings (SSSR count). The highest BCUT2D eigenvalue weighted by Crippen LogP contribution is 2.30. The van der Waals surface area contributed by atoms with Gasteiger partial charge in [0.25, 0.3) is 0 Å². The number of hydrogen-bond acceptors (Lipinski definition) is 5. The molecular weight excluding hydrogens is 320 g/mol. The molecule has 1 aromatic heterocycles. The second kappa shape index (κ2) is 6.32. The number of amides is 1. The molecule has 2 aromatic rings. The molecule has 23 heavy (non-hydrogen) atoms. The molecule has 0 atom stereocenters. The fraction of sp³-hybridized carbons (Fsp3) is 0.308. The number of benzene rings is 1. The van der Waals surface area contributed by atoms with Gasteiger partial charge in [-0.3, -0.25) is 10.2 Å². The molecule has 0 aliphatic heterocycles. The Balaban J connectivity index is 2.19. The van der Waals surface area contributed by atoms with Gasteiger partial charge in [-0.15, -0.1) is 0 Å². The molecule has 0 saturated carbocycles. The average molecular weight is 332 g/mol. The summed E-state index contributed by atoms with van der Waals surface area (Å²) in [5, 5.41) is 4.55. The average Bonchev–Trinajstić information content (AvgIpc) is 2.86. The number of alkyl halides is 3. The zero-order valence-electron chi connectivity index (χ0n) is 12.1. The van der Waals surface area contributed by atoms with Crippen LogP contribution in [0.2, 0.25) is 0 Å². The number of hydrazine groups is 1. The minimum absolute atomic E-state index is 0.0879. The number of carbonyl (C=O) groups is 1. The van der Waals surface area contributed by atoms with Crippen LogP contribution in [0.4, 0.5) is 17.6 Å². The number of rotatable bonds is 4. The number of hydrogen-bond donors (Lipinski definition) is 1. The van der Waals surface area contributed by atoms with Crippen LogP contribution in [0.15, 0.2) is 22.7 Å². The summed E-state index contributed by atoms with van der Waals surface area (Å²) in [7, 11) is 3.24. The molecule has 1 N–H and O–H groups in total. The van der Waals surface area contributed by atoms with Crippen molar-refractivity contribution in [3.63, 3.8) is 0 Å². The molecule has 124 valence electrons. The van der Waals surface area contributed by atoms with E-state index in [0.717, 1.165) is 6.07 Å². The van der Waals surface area contributed by atoms with Crippen molar-refractivity contribution in [1.82, 2.24) is 20.6 Å². The third kappa shape index (κ3) is 4.25. The monoisotopic (exact) mass is 332 g/mol. The Morgan fingerprint density at radius 3 is 2.57 bits per heavy atom. The SMILES string of the molecule is CN(C)NC(=O)Cc1ccc(-c2noc(C(F)(F)F)n2)c(F)c1. The minimum atomic E-state index is -4.80. The van der Waals surface area contributed by atoms with Gasteiger partial charge < -0.3 is 4.52 Å². The highest BCUT2D eigenvalue weighted by Gasteiger charge is 2.38. The predicted octanol–water partition coefficient (Wildman–Crippen LogP) is 2.03. The maximum Gasteiger partial charge on any atom is 0.471 e. The smallest absolute Gasteiger partial charge is 0.329 e. The summed E-state index contributed by atoms with van der Waals surface area (Å²) in [6.45, 7) is 0. The van der Waals surface area contributed by atoms with Crippen molar-refractivity contribution in [2.45, 2.75) is 12.6 Å². The van der Waals surface area contributed by atoms with Gasteiger partial charge >= 0.3 is 12.1 Å². The van der Waals surface area contributed by atoms with Crippen LogP contribution in [0.1, 0.15) is 11.5 Å². The lowest BCUT2D eigenvalue weighted by molar-refractivity contribution is -0.159. The van der Waals surface area contributed by atoms with Crippen molar-refractivity contribution in [2.75, 3.05) is 14.1 Å². The molecular formula is C13H12F4N4O2. The van der Waals surface area contributed by atoms with Crippen LogP contribution in [0, 0.1) is 5.82 Å². The van der Waals surface area contributed by atoms with Crippen LogP contribution >= 0.6 is 0 Å². The lowest BCUT2D eigenvalue weighted by Gasteiger charge is -2.11. The van der Waals surface area contributed by atoms with E-state index in [9.17, 15) is 22.4 Å². The fourth-order valence-electron chi connectivity index (χ4n) is 1.77. The molecule has 0 saturated heterocycles. The Bertz CT molecular complexity index is 712. The van der Waals surface area contributed by atoms with E-state index in [1.807, 2.05) is 0 Å². The first-order valence-corrected chi connectivity index (χ1v) is 6.33. The number of halogens is 4. The summed E-state index contributed by atoms with van der Waals surface area (Å²) in [5.41, 5.74) is 2.59. The maximum absolute atomic E-state index is 14.0. The lowest BCUT2D eigenvalue weighted by atomic mass is 10.1. The third-order valence-electron chi connectivity index (χ3n) is 2.66. The van der Waals surface area contributed by atoms with Crippen molar-refractivity contribution >= 4 is 5.91 Å². The summed E-state index contributed by atoms with van der Waals surface area (Å²) >= 11 is 0. The van der Waals surface area contributed by atoms with E-state index in [1.165, 1.54) is 17.1 Å². The van der Waals surface area contributed by atoms with Gasteiger partial charge in [0.2, 0.25) is 11.7 Å². The zero-order chi connectivity index (χ0) is 17.2. The first kappa shape index (κ1) is 16.9. The molecule has 0 fully saturated rings. The van der Waals surface area contributed by atoms with Crippen LogP contribution in [0.25, 0.3) is 11.4 Å². The molecule has 1 aromatic carbocycles. The van der Waals surface area contributed by atoms with Gasteiger partial charge in [0.05, 0.1) is 12.0 Å². The lowest BCUT2D eigenvalue weighted by Crippen LogP contribution is -2.37. The van der Waals surface area contributed by atoms with Gasteiger partial charge in [0, 0.05) is 14.1 Å². The highest BCUT2D eigenvalue weighted by molar-refractivity contribution is 5.78. The Morgan fingerprint density at radius 2 is 2.04 bits per heavy atom. The van der Waals surface area contributed by atoms with E-state index in [0.29, 0.717) is 5.56 Å². The zero-order valence-corrected chi connectivity index (χ0v) is 12.1. The number of aromatic nitrogens is 2. The normalized spacial score (nSPS) is 11.8. The number of carbonyl (C=O) groups excluding carboxylic acids is 1. The van der Waals surface area contributed by atoms with Gasteiger partial charge in [-0.25, -0.2) is 9.40 Å². The second-order valence-corrected chi connectivity index (χ2v) is 4.84. The topological polar surface area (TPSA) is 71.3 Å². The van der Waals surface area contributed by atoms with Crippen LogP contribution in [0.5, 0.6) is 0 Å². The van der Waals surface area contributed by atoms with Gasteiger partial charge in [0.1, 0.15) is 5.82 Å². The maximum atomic E-state index is 14.0. The van der Waals surface area contributed by atoms with Crippen molar-refractivity contribution in [1.29, 1.82) is 0 Å².